The van der Waals surface area contributed by atoms with Crippen LogP contribution in [0.25, 0.3) is 0 Å². The van der Waals surface area contributed by atoms with Gasteiger partial charge in [0.25, 0.3) is 0 Å². The number of aryl methyl sites for hydroxylation is 2. The summed E-state index contributed by atoms with van der Waals surface area (Å²) >= 11 is 1.50. The van der Waals surface area contributed by atoms with Gasteiger partial charge in [-0.15, -0.1) is 11.8 Å². The molecule has 0 unspecified atom stereocenters. The van der Waals surface area contributed by atoms with Crippen molar-refractivity contribution in [3.05, 3.63) is 47.5 Å². The number of sulfonamides is 1. The van der Waals surface area contributed by atoms with E-state index in [0.717, 1.165) is 4.90 Å². The van der Waals surface area contributed by atoms with Crippen molar-refractivity contribution in [3.8, 4) is 11.5 Å². The molecule has 168 valence electrons. The lowest BCUT2D eigenvalue weighted by molar-refractivity contribution is -0.129. The third-order valence-corrected chi connectivity index (χ3v) is 8.32. The molecule has 0 spiro atoms. The summed E-state index contributed by atoms with van der Waals surface area (Å²) in [4.78, 5) is 15.5. The lowest BCUT2D eigenvalue weighted by Gasteiger charge is -2.34. The average molecular weight is 465 g/mol. The summed E-state index contributed by atoms with van der Waals surface area (Å²) in [5, 5.41) is 0. The van der Waals surface area contributed by atoms with Crippen molar-refractivity contribution in [2.45, 2.75) is 23.6 Å². The quantitative estimate of drug-likeness (QED) is 0.587. The number of thioether (sulfide) groups is 1. The number of nitrogens with zero attached hydrogens (tertiary/aromatic N) is 2. The van der Waals surface area contributed by atoms with Crippen molar-refractivity contribution in [2.75, 3.05) is 46.2 Å². The normalized spacial score (nSPS) is 15.0. The Bertz CT molecular complexity index is 1050. The monoisotopic (exact) mass is 464 g/mol. The van der Waals surface area contributed by atoms with E-state index in [1.54, 1.807) is 17.0 Å². The minimum absolute atomic E-state index is 0.0132. The Morgan fingerprint density at radius 2 is 1.68 bits per heavy atom. The Morgan fingerprint density at radius 3 is 2.29 bits per heavy atom. The Kier molecular flexibility index (Phi) is 7.51. The maximum Gasteiger partial charge on any atom is 0.247 e. The number of hydrogen-bond donors (Lipinski definition) is 0. The summed E-state index contributed by atoms with van der Waals surface area (Å²) in [7, 11) is -0.846. The molecule has 0 radical (unpaired) electrons. The van der Waals surface area contributed by atoms with Crippen LogP contribution in [0.1, 0.15) is 11.1 Å². The first-order valence-electron chi connectivity index (χ1n) is 9.96. The molecule has 2 aromatic rings. The number of carbonyl (C=O) groups excluding carboxylic acids is 1. The van der Waals surface area contributed by atoms with Crippen LogP contribution in [-0.2, 0) is 14.8 Å². The standard InChI is InChI=1S/C22H28N2O5S2/c1-16-5-7-19(13-17(16)2)30-15-22(25)23-9-11-24(12-10-23)31(26,27)21-14-18(28-3)6-8-20(21)29-4/h5-8,13-14H,9-12,15H2,1-4H3. The summed E-state index contributed by atoms with van der Waals surface area (Å²) in [6, 6.07) is 10.9. The Balaban J connectivity index is 1.62. The number of carbonyl (C=O) groups is 1. The van der Waals surface area contributed by atoms with Gasteiger partial charge < -0.3 is 14.4 Å². The molecular weight excluding hydrogens is 436 g/mol. The van der Waals surface area contributed by atoms with Crippen LogP contribution in [0, 0.1) is 13.8 Å². The molecule has 1 saturated heterocycles. The maximum atomic E-state index is 13.2. The molecule has 2 aromatic carbocycles. The van der Waals surface area contributed by atoms with Gasteiger partial charge in [0.1, 0.15) is 16.4 Å². The highest BCUT2D eigenvalue weighted by Gasteiger charge is 2.32. The van der Waals surface area contributed by atoms with E-state index in [1.165, 1.54) is 47.5 Å². The van der Waals surface area contributed by atoms with Gasteiger partial charge in [-0.05, 0) is 49.2 Å². The number of piperazine rings is 1. The summed E-state index contributed by atoms with van der Waals surface area (Å²) < 4.78 is 38.1. The zero-order valence-electron chi connectivity index (χ0n) is 18.3. The van der Waals surface area contributed by atoms with Crippen LogP contribution < -0.4 is 9.47 Å². The zero-order valence-corrected chi connectivity index (χ0v) is 19.9. The molecule has 31 heavy (non-hydrogen) atoms. The summed E-state index contributed by atoms with van der Waals surface area (Å²) in [5.74, 6) is 1.05. The molecule has 3 rings (SSSR count). The first-order valence-corrected chi connectivity index (χ1v) is 12.4. The third-order valence-electron chi connectivity index (χ3n) is 5.42. The van der Waals surface area contributed by atoms with Gasteiger partial charge in [-0.1, -0.05) is 6.07 Å². The summed E-state index contributed by atoms with van der Waals surface area (Å²) in [6.45, 7) is 5.31. The van der Waals surface area contributed by atoms with Gasteiger partial charge in [-0.2, -0.15) is 4.31 Å². The van der Waals surface area contributed by atoms with Gasteiger partial charge in [-0.25, -0.2) is 8.42 Å². The molecule has 9 heteroatoms. The van der Waals surface area contributed by atoms with Crippen molar-refractivity contribution in [3.63, 3.8) is 0 Å². The minimum atomic E-state index is -3.77. The molecule has 1 heterocycles. The van der Waals surface area contributed by atoms with Gasteiger partial charge in [0, 0.05) is 37.1 Å². The van der Waals surface area contributed by atoms with Gasteiger partial charge >= 0.3 is 0 Å². The average Bonchev–Trinajstić information content (AvgIpc) is 2.79. The molecule has 1 aliphatic rings. The fourth-order valence-corrected chi connectivity index (χ4v) is 5.83. The molecular formula is C22H28N2O5S2. The van der Waals surface area contributed by atoms with Crippen molar-refractivity contribution in [1.29, 1.82) is 0 Å². The molecule has 0 atom stereocenters. The van der Waals surface area contributed by atoms with Crippen LogP contribution in [0.15, 0.2) is 46.2 Å². The topological polar surface area (TPSA) is 76.2 Å². The fraction of sp³-hybridized carbons (Fsp3) is 0.409. The maximum absolute atomic E-state index is 13.2. The SMILES string of the molecule is COc1ccc(OC)c(S(=O)(=O)N2CCN(C(=O)CSc3ccc(C)c(C)c3)CC2)c1. The Morgan fingerprint density at radius 1 is 0.968 bits per heavy atom. The van der Waals surface area contributed by atoms with Crippen molar-refractivity contribution >= 4 is 27.7 Å². The molecule has 0 N–H and O–H groups in total. The number of amides is 1. The van der Waals surface area contributed by atoms with Gasteiger partial charge in [-0.3, -0.25) is 4.79 Å². The van der Waals surface area contributed by atoms with E-state index >= 15 is 0 Å². The van der Waals surface area contributed by atoms with Crippen molar-refractivity contribution in [2.24, 2.45) is 0 Å². The predicted octanol–water partition coefficient (Wildman–Crippen LogP) is 2.95. The van der Waals surface area contributed by atoms with Gasteiger partial charge in [0.05, 0.1) is 20.0 Å². The zero-order chi connectivity index (χ0) is 22.6. The summed E-state index contributed by atoms with van der Waals surface area (Å²) in [6.07, 6.45) is 0. The molecule has 0 bridgehead atoms. The number of ether oxygens (including phenoxy) is 2. The smallest absolute Gasteiger partial charge is 0.247 e. The van der Waals surface area contributed by atoms with E-state index in [4.69, 9.17) is 9.47 Å². The van der Waals surface area contributed by atoms with Crippen molar-refractivity contribution < 1.29 is 22.7 Å². The highest BCUT2D eigenvalue weighted by atomic mass is 32.2. The Hall–Kier alpha value is -2.23. The Labute approximate surface area is 188 Å². The highest BCUT2D eigenvalue weighted by Crippen LogP contribution is 2.31. The first-order chi connectivity index (χ1) is 14.8. The largest absolute Gasteiger partial charge is 0.497 e. The van der Waals surface area contributed by atoms with E-state index in [-0.39, 0.29) is 29.6 Å². The summed E-state index contributed by atoms with van der Waals surface area (Å²) in [5.41, 5.74) is 2.42. The predicted molar refractivity (Wildman–Crippen MR) is 122 cm³/mol. The first kappa shape index (κ1) is 23.4. The fourth-order valence-electron chi connectivity index (χ4n) is 3.34. The van der Waals surface area contributed by atoms with Crippen molar-refractivity contribution in [1.82, 2.24) is 9.21 Å². The van der Waals surface area contributed by atoms with Gasteiger partial charge in [0.2, 0.25) is 15.9 Å². The molecule has 1 aliphatic heterocycles. The lowest BCUT2D eigenvalue weighted by atomic mass is 10.1. The third kappa shape index (κ3) is 5.34. The number of rotatable bonds is 7. The molecule has 0 aromatic heterocycles. The number of hydrogen-bond acceptors (Lipinski definition) is 6. The highest BCUT2D eigenvalue weighted by molar-refractivity contribution is 8.00. The van der Waals surface area contributed by atoms with E-state index in [9.17, 15) is 13.2 Å². The molecule has 7 nitrogen and oxygen atoms in total. The second kappa shape index (κ2) is 9.93. The van der Waals surface area contributed by atoms with Crippen LogP contribution >= 0.6 is 11.8 Å². The van der Waals surface area contributed by atoms with Crippen LogP contribution in [0.4, 0.5) is 0 Å². The second-order valence-corrected chi connectivity index (χ2v) is 10.3. The molecule has 0 saturated carbocycles. The molecule has 1 fully saturated rings. The van der Waals surface area contributed by atoms with E-state index in [1.807, 2.05) is 6.07 Å². The number of methoxy groups -OCH3 is 2. The minimum Gasteiger partial charge on any atom is -0.497 e. The van der Waals surface area contributed by atoms with Gasteiger partial charge in [0.15, 0.2) is 0 Å². The van der Waals surface area contributed by atoms with E-state index in [2.05, 4.69) is 26.0 Å². The second-order valence-electron chi connectivity index (χ2n) is 7.34. The van der Waals surface area contributed by atoms with Crippen LogP contribution in [0.5, 0.6) is 11.5 Å². The van der Waals surface area contributed by atoms with Crippen LogP contribution in [0.2, 0.25) is 0 Å². The number of benzene rings is 2. The van der Waals surface area contributed by atoms with E-state index in [0.29, 0.717) is 24.6 Å². The van der Waals surface area contributed by atoms with E-state index < -0.39 is 10.0 Å². The van der Waals surface area contributed by atoms with Crippen LogP contribution in [-0.4, -0.2) is 69.7 Å². The van der Waals surface area contributed by atoms with Crippen LogP contribution in [0.3, 0.4) is 0 Å². The molecule has 1 amide bonds. The molecule has 0 aliphatic carbocycles. The lowest BCUT2D eigenvalue weighted by Crippen LogP contribution is -2.51.